The first-order valence-corrected chi connectivity index (χ1v) is 7.69. The Morgan fingerprint density at radius 1 is 1.17 bits per heavy atom. The van der Waals surface area contributed by atoms with Crippen LogP contribution < -0.4 is 0 Å². The number of ketones is 1. The molecule has 1 aromatic heterocycles. The minimum absolute atomic E-state index is 0.0107. The molecule has 1 aliphatic rings. The van der Waals surface area contributed by atoms with E-state index in [2.05, 4.69) is 41.8 Å². The quantitative estimate of drug-likeness (QED) is 0.655. The van der Waals surface area contributed by atoms with Crippen LogP contribution in [0.5, 0.6) is 0 Å². The molecule has 3 nitrogen and oxygen atoms in total. The van der Waals surface area contributed by atoms with Crippen molar-refractivity contribution in [3.05, 3.63) is 77.5 Å². The van der Waals surface area contributed by atoms with Gasteiger partial charge in [0.15, 0.2) is 5.78 Å². The van der Waals surface area contributed by atoms with Gasteiger partial charge in [-0.15, -0.1) is 0 Å². The monoisotopic (exact) mass is 303 g/mol. The van der Waals surface area contributed by atoms with Crippen LogP contribution in [0.1, 0.15) is 29.8 Å². The fraction of sp³-hybridized carbons (Fsp3) is 0.150. The van der Waals surface area contributed by atoms with Crippen molar-refractivity contribution < 1.29 is 9.53 Å². The van der Waals surface area contributed by atoms with Crippen molar-refractivity contribution in [1.29, 1.82) is 0 Å². The second-order valence-corrected chi connectivity index (χ2v) is 5.96. The molecule has 0 N–H and O–H groups in total. The predicted molar refractivity (Wildman–Crippen MR) is 91.0 cm³/mol. The molecule has 0 bridgehead atoms. The number of ether oxygens (including phenoxy) is 1. The topological polar surface area (TPSA) is 31.2 Å². The van der Waals surface area contributed by atoms with Crippen molar-refractivity contribution in [2.75, 3.05) is 0 Å². The summed E-state index contributed by atoms with van der Waals surface area (Å²) in [6, 6.07) is 16.5. The van der Waals surface area contributed by atoms with Crippen LogP contribution in [0.4, 0.5) is 0 Å². The lowest BCUT2D eigenvalue weighted by Gasteiger charge is -2.15. The molecule has 2 aromatic carbocycles. The first-order valence-electron chi connectivity index (χ1n) is 7.69. The number of hydrogen-bond donors (Lipinski definition) is 0. The first-order chi connectivity index (χ1) is 11.1. The van der Waals surface area contributed by atoms with Gasteiger partial charge in [0.05, 0.1) is 5.52 Å². The molecule has 0 fully saturated rings. The van der Waals surface area contributed by atoms with Crippen LogP contribution in [0.15, 0.2) is 60.8 Å². The van der Waals surface area contributed by atoms with Crippen LogP contribution in [0.3, 0.4) is 0 Å². The van der Waals surface area contributed by atoms with Gasteiger partial charge in [0, 0.05) is 23.4 Å². The summed E-state index contributed by atoms with van der Waals surface area (Å²) in [6.07, 6.45) is 3.37. The molecule has 0 saturated heterocycles. The lowest BCUT2D eigenvalue weighted by atomic mass is 10.1. The summed E-state index contributed by atoms with van der Waals surface area (Å²) >= 11 is 0. The maximum Gasteiger partial charge on any atom is 0.203 e. The molecule has 23 heavy (non-hydrogen) atoms. The Morgan fingerprint density at radius 3 is 2.83 bits per heavy atom. The van der Waals surface area contributed by atoms with Gasteiger partial charge in [0.1, 0.15) is 5.76 Å². The van der Waals surface area contributed by atoms with Crippen LogP contribution in [0, 0.1) is 6.92 Å². The lowest BCUT2D eigenvalue weighted by molar-refractivity contribution is -0.112. The number of aromatic nitrogens is 1. The van der Waals surface area contributed by atoms with Crippen molar-refractivity contribution in [1.82, 2.24) is 4.57 Å². The molecule has 0 amide bonds. The van der Waals surface area contributed by atoms with Gasteiger partial charge in [0.2, 0.25) is 6.23 Å². The highest BCUT2D eigenvalue weighted by Gasteiger charge is 2.29. The highest BCUT2D eigenvalue weighted by Crippen LogP contribution is 2.40. The van der Waals surface area contributed by atoms with Crippen molar-refractivity contribution in [2.45, 2.75) is 20.1 Å². The van der Waals surface area contributed by atoms with Crippen LogP contribution in [0.25, 0.3) is 16.7 Å². The fourth-order valence-electron chi connectivity index (χ4n) is 3.17. The van der Waals surface area contributed by atoms with Gasteiger partial charge in [-0.2, -0.15) is 0 Å². The smallest absolute Gasteiger partial charge is 0.203 e. The van der Waals surface area contributed by atoms with Gasteiger partial charge in [-0.05, 0) is 37.4 Å². The van der Waals surface area contributed by atoms with E-state index in [9.17, 15) is 4.79 Å². The Morgan fingerprint density at radius 2 is 2.00 bits per heavy atom. The van der Waals surface area contributed by atoms with E-state index in [1.165, 1.54) is 10.9 Å². The number of benzene rings is 2. The third-order valence-electron chi connectivity index (χ3n) is 4.19. The molecule has 4 rings (SSSR count). The lowest BCUT2D eigenvalue weighted by Crippen LogP contribution is -2.07. The number of carbonyl (C=O) groups is 1. The van der Waals surface area contributed by atoms with Crippen LogP contribution in [0.2, 0.25) is 0 Å². The molecule has 0 aliphatic carbocycles. The van der Waals surface area contributed by atoms with E-state index >= 15 is 0 Å². The van der Waals surface area contributed by atoms with Gasteiger partial charge in [-0.1, -0.05) is 35.9 Å². The van der Waals surface area contributed by atoms with E-state index < -0.39 is 0 Å². The number of carbonyl (C=O) groups excluding carboxylic acids is 1. The zero-order valence-electron chi connectivity index (χ0n) is 13.1. The van der Waals surface area contributed by atoms with Crippen molar-refractivity contribution in [3.63, 3.8) is 0 Å². The zero-order valence-corrected chi connectivity index (χ0v) is 13.1. The van der Waals surface area contributed by atoms with E-state index in [1.807, 2.05) is 24.4 Å². The largest absolute Gasteiger partial charge is 0.465 e. The Balaban J connectivity index is 1.88. The number of nitrogens with zero attached hydrogens (tertiary/aromatic N) is 1. The van der Waals surface area contributed by atoms with E-state index in [0.29, 0.717) is 5.76 Å². The van der Waals surface area contributed by atoms with E-state index in [-0.39, 0.29) is 12.0 Å². The van der Waals surface area contributed by atoms with Gasteiger partial charge < -0.3 is 9.30 Å². The zero-order chi connectivity index (χ0) is 16.0. The Hall–Kier alpha value is -2.81. The summed E-state index contributed by atoms with van der Waals surface area (Å²) < 4.78 is 8.25. The second kappa shape index (κ2) is 5.13. The van der Waals surface area contributed by atoms with Crippen molar-refractivity contribution in [2.24, 2.45) is 0 Å². The molecule has 114 valence electrons. The minimum atomic E-state index is -0.239. The molecule has 2 heterocycles. The van der Waals surface area contributed by atoms with Crippen LogP contribution in [-0.4, -0.2) is 10.4 Å². The molecular formula is C20H17NO2. The maximum absolute atomic E-state index is 11.5. The molecule has 1 unspecified atom stereocenters. The summed E-state index contributed by atoms with van der Waals surface area (Å²) in [5, 5.41) is 1.19. The normalized spacial score (nSPS) is 18.2. The summed E-state index contributed by atoms with van der Waals surface area (Å²) in [5.74, 6) is 0.635. The van der Waals surface area contributed by atoms with E-state index in [0.717, 1.165) is 16.6 Å². The highest BCUT2D eigenvalue weighted by molar-refractivity contribution is 5.94. The summed E-state index contributed by atoms with van der Waals surface area (Å²) in [5.41, 5.74) is 4.43. The van der Waals surface area contributed by atoms with E-state index in [1.54, 1.807) is 13.0 Å². The third-order valence-corrected chi connectivity index (χ3v) is 4.19. The highest BCUT2D eigenvalue weighted by atomic mass is 16.5. The number of hydrogen-bond acceptors (Lipinski definition) is 2. The van der Waals surface area contributed by atoms with Gasteiger partial charge in [0.25, 0.3) is 0 Å². The fourth-order valence-corrected chi connectivity index (χ4v) is 3.17. The van der Waals surface area contributed by atoms with Gasteiger partial charge >= 0.3 is 0 Å². The molecule has 1 atom stereocenters. The molecule has 3 aromatic rings. The number of rotatable bonds is 2. The summed E-state index contributed by atoms with van der Waals surface area (Å²) in [6.45, 7) is 3.63. The predicted octanol–water partition coefficient (Wildman–Crippen LogP) is 4.46. The molecule has 0 radical (unpaired) electrons. The molecular weight excluding hydrogens is 286 g/mol. The SMILES string of the molecule is CC(=O)/C=C1\OC(n2ccc3cc(C)ccc32)c2ccccc21. The van der Waals surface area contributed by atoms with Gasteiger partial charge in [-0.25, -0.2) is 0 Å². The van der Waals surface area contributed by atoms with Crippen molar-refractivity contribution in [3.8, 4) is 0 Å². The number of fused-ring (bicyclic) bond motifs is 2. The first kappa shape index (κ1) is 13.8. The standard InChI is InChI=1S/C20H17NO2/c1-13-7-8-18-15(11-13)9-10-21(18)20-17-6-4-3-5-16(17)19(23-20)12-14(2)22/h3-12,20H,1-2H3/b19-12-. The van der Waals surface area contributed by atoms with E-state index in [4.69, 9.17) is 4.74 Å². The minimum Gasteiger partial charge on any atom is -0.465 e. The summed E-state index contributed by atoms with van der Waals surface area (Å²) in [7, 11) is 0. The van der Waals surface area contributed by atoms with Crippen LogP contribution >= 0.6 is 0 Å². The van der Waals surface area contributed by atoms with Gasteiger partial charge in [-0.3, -0.25) is 4.79 Å². The van der Waals surface area contributed by atoms with Crippen molar-refractivity contribution >= 4 is 22.4 Å². The molecule has 1 aliphatic heterocycles. The maximum atomic E-state index is 11.5. The summed E-state index contributed by atoms with van der Waals surface area (Å²) in [4.78, 5) is 11.5. The average Bonchev–Trinajstić information content (AvgIpc) is 3.08. The number of aryl methyl sites for hydroxylation is 1. The third kappa shape index (κ3) is 2.25. The van der Waals surface area contributed by atoms with Crippen LogP contribution in [-0.2, 0) is 9.53 Å². The Labute approximate surface area is 134 Å². The molecule has 3 heteroatoms. The Bertz CT molecular complexity index is 949. The average molecular weight is 303 g/mol. The molecule has 0 spiro atoms. The second-order valence-electron chi connectivity index (χ2n) is 5.96. The number of allylic oxidation sites excluding steroid dienone is 1. The Kier molecular flexibility index (Phi) is 3.08. The molecule has 0 saturated carbocycles.